The molecule has 0 saturated carbocycles. The van der Waals surface area contributed by atoms with Crippen molar-refractivity contribution in [2.45, 2.75) is 44.1 Å². The summed E-state index contributed by atoms with van der Waals surface area (Å²) < 4.78 is 12.8. The molecule has 0 bridgehead atoms. The van der Waals surface area contributed by atoms with E-state index in [2.05, 4.69) is 17.2 Å². The first-order chi connectivity index (χ1) is 16.5. The molecule has 1 aliphatic rings. The molecule has 1 unspecified atom stereocenters. The summed E-state index contributed by atoms with van der Waals surface area (Å²) in [5.74, 6) is 1.61. The van der Waals surface area contributed by atoms with Crippen molar-refractivity contribution in [3.05, 3.63) is 76.0 Å². The van der Waals surface area contributed by atoms with Crippen LogP contribution in [0.1, 0.15) is 44.4 Å². The Morgan fingerprint density at radius 3 is 2.65 bits per heavy atom. The fourth-order valence-corrected chi connectivity index (χ4v) is 4.81. The Bertz CT molecular complexity index is 1190. The number of halogens is 1. The largest absolute Gasteiger partial charge is 0.494 e. The van der Waals surface area contributed by atoms with Crippen LogP contribution in [0, 0.1) is 0 Å². The second-order valence-corrected chi connectivity index (χ2v) is 9.10. The average molecular weight is 499 g/mol. The number of nitrogens with one attached hydrogen (secondary N) is 1. The van der Waals surface area contributed by atoms with Crippen LogP contribution in [0.25, 0.3) is 0 Å². The summed E-state index contributed by atoms with van der Waals surface area (Å²) in [5, 5.41) is 9.27. The fourth-order valence-electron chi connectivity index (χ4n) is 3.70. The number of hydrogen-bond acceptors (Lipinski definition) is 7. The van der Waals surface area contributed by atoms with E-state index in [1.54, 1.807) is 11.6 Å². The van der Waals surface area contributed by atoms with Gasteiger partial charge in [0.2, 0.25) is 11.1 Å². The minimum atomic E-state index is -0.474. The lowest BCUT2D eigenvalue weighted by Gasteiger charge is -2.28. The maximum Gasteiger partial charge on any atom is 0.338 e. The third-order valence-electron chi connectivity index (χ3n) is 5.31. The number of ether oxygens (including phenoxy) is 2. The van der Waals surface area contributed by atoms with Crippen LogP contribution in [0.3, 0.4) is 0 Å². The van der Waals surface area contributed by atoms with Gasteiger partial charge in [0.25, 0.3) is 0 Å². The third-order valence-corrected chi connectivity index (χ3v) is 6.57. The number of anilines is 1. The summed E-state index contributed by atoms with van der Waals surface area (Å²) >= 11 is 7.79. The van der Waals surface area contributed by atoms with Gasteiger partial charge >= 0.3 is 5.97 Å². The van der Waals surface area contributed by atoms with E-state index in [9.17, 15) is 4.79 Å². The molecule has 3 aromatic rings. The van der Waals surface area contributed by atoms with Gasteiger partial charge in [0.05, 0.1) is 18.8 Å². The molecule has 1 aromatic heterocycles. The Balaban J connectivity index is 1.67. The maximum atomic E-state index is 12.9. The van der Waals surface area contributed by atoms with E-state index in [0.29, 0.717) is 39.8 Å². The molecule has 178 valence electrons. The summed E-state index contributed by atoms with van der Waals surface area (Å²) in [7, 11) is 0. The van der Waals surface area contributed by atoms with Crippen LogP contribution >= 0.6 is 23.4 Å². The molecule has 2 aromatic carbocycles. The number of thioether (sulfide) groups is 1. The van der Waals surface area contributed by atoms with E-state index in [1.807, 2.05) is 55.5 Å². The van der Waals surface area contributed by atoms with Gasteiger partial charge in [0.1, 0.15) is 11.8 Å². The van der Waals surface area contributed by atoms with E-state index in [1.165, 1.54) is 11.8 Å². The molecule has 0 fully saturated rings. The van der Waals surface area contributed by atoms with Gasteiger partial charge in [0.15, 0.2) is 0 Å². The zero-order chi connectivity index (χ0) is 24.1. The fraction of sp³-hybridized carbons (Fsp3) is 0.320. The van der Waals surface area contributed by atoms with Crippen molar-refractivity contribution < 1.29 is 14.3 Å². The van der Waals surface area contributed by atoms with E-state index >= 15 is 0 Å². The highest BCUT2D eigenvalue weighted by molar-refractivity contribution is 7.98. The number of rotatable bonds is 9. The molecular formula is C25H27ClN4O3S. The molecule has 4 rings (SSSR count). The molecule has 34 heavy (non-hydrogen) atoms. The number of carbonyl (C=O) groups is 1. The van der Waals surface area contributed by atoms with Crippen LogP contribution in [0.2, 0.25) is 5.02 Å². The number of aromatic nitrogens is 3. The van der Waals surface area contributed by atoms with Crippen LogP contribution in [0.4, 0.5) is 5.95 Å². The highest BCUT2D eigenvalue weighted by Crippen LogP contribution is 2.37. The van der Waals surface area contributed by atoms with Gasteiger partial charge in [-0.2, -0.15) is 4.98 Å². The minimum absolute atomic E-state index is 0.287. The summed E-state index contributed by atoms with van der Waals surface area (Å²) in [6.07, 6.45) is 0.932. The zero-order valence-electron chi connectivity index (χ0n) is 19.4. The highest BCUT2D eigenvalue weighted by atomic mass is 35.5. The van der Waals surface area contributed by atoms with Crippen molar-refractivity contribution in [2.75, 3.05) is 18.5 Å². The Kier molecular flexibility index (Phi) is 7.80. The normalized spacial score (nSPS) is 15.0. The molecule has 1 aliphatic heterocycles. The Labute approximate surface area is 208 Å². The molecule has 0 saturated heterocycles. The first kappa shape index (κ1) is 24.2. The van der Waals surface area contributed by atoms with Crippen molar-refractivity contribution in [1.82, 2.24) is 14.8 Å². The SMILES string of the molecule is CCCOc1ccc(C2C(C(=O)OCC)=C(C)Nc3nc(SCc4ccccc4Cl)nn32)cc1. The average Bonchev–Trinajstić information content (AvgIpc) is 3.24. The molecular weight excluding hydrogens is 472 g/mol. The van der Waals surface area contributed by atoms with Gasteiger partial charge in [-0.1, -0.05) is 60.6 Å². The van der Waals surface area contributed by atoms with Crippen LogP contribution in [0.15, 0.2) is 65.0 Å². The second-order valence-electron chi connectivity index (χ2n) is 7.75. The zero-order valence-corrected chi connectivity index (χ0v) is 20.9. The molecule has 1 atom stereocenters. The predicted octanol–water partition coefficient (Wildman–Crippen LogP) is 5.86. The molecule has 1 N–H and O–H groups in total. The number of hydrogen-bond donors (Lipinski definition) is 1. The van der Waals surface area contributed by atoms with Gasteiger partial charge in [-0.3, -0.25) is 0 Å². The Morgan fingerprint density at radius 1 is 1.18 bits per heavy atom. The molecule has 0 spiro atoms. The van der Waals surface area contributed by atoms with Crippen molar-refractivity contribution in [3.63, 3.8) is 0 Å². The minimum Gasteiger partial charge on any atom is -0.494 e. The molecule has 0 aliphatic carbocycles. The number of carbonyl (C=O) groups excluding carboxylic acids is 1. The van der Waals surface area contributed by atoms with Crippen LogP contribution in [0.5, 0.6) is 5.75 Å². The number of benzene rings is 2. The predicted molar refractivity (Wildman–Crippen MR) is 134 cm³/mol. The van der Waals surface area contributed by atoms with Gasteiger partial charge in [-0.25, -0.2) is 9.48 Å². The lowest BCUT2D eigenvalue weighted by molar-refractivity contribution is -0.139. The van der Waals surface area contributed by atoms with Gasteiger partial charge in [0, 0.05) is 16.5 Å². The molecule has 2 heterocycles. The van der Waals surface area contributed by atoms with Crippen LogP contribution in [-0.2, 0) is 15.3 Å². The summed E-state index contributed by atoms with van der Waals surface area (Å²) in [6.45, 7) is 6.65. The number of allylic oxidation sites excluding steroid dienone is 1. The standard InChI is InChI=1S/C25H27ClN4O3S/c1-4-14-33-19-12-10-17(11-13-19)22-21(23(31)32-5-2)16(3)27-24-28-25(29-30(22)24)34-15-18-8-6-7-9-20(18)26/h6-13,22H,4-5,14-15H2,1-3H3,(H,27,28,29). The highest BCUT2D eigenvalue weighted by Gasteiger charge is 2.35. The number of esters is 1. The molecule has 0 radical (unpaired) electrons. The summed E-state index contributed by atoms with van der Waals surface area (Å²) in [5.41, 5.74) is 3.10. The van der Waals surface area contributed by atoms with Crippen LogP contribution < -0.4 is 10.1 Å². The van der Waals surface area contributed by atoms with E-state index in [4.69, 9.17) is 26.2 Å². The lowest BCUT2D eigenvalue weighted by Crippen LogP contribution is -2.29. The van der Waals surface area contributed by atoms with Crippen molar-refractivity contribution in [3.8, 4) is 5.75 Å². The number of nitrogens with zero attached hydrogens (tertiary/aromatic N) is 3. The first-order valence-corrected chi connectivity index (χ1v) is 12.6. The van der Waals surface area contributed by atoms with Crippen molar-refractivity contribution >= 4 is 35.3 Å². The van der Waals surface area contributed by atoms with Gasteiger partial charge in [-0.15, -0.1) is 5.10 Å². The molecule has 0 amide bonds. The van der Waals surface area contributed by atoms with Crippen molar-refractivity contribution in [1.29, 1.82) is 0 Å². The summed E-state index contributed by atoms with van der Waals surface area (Å²) in [6, 6.07) is 15.0. The smallest absolute Gasteiger partial charge is 0.338 e. The third kappa shape index (κ3) is 5.23. The Hall–Kier alpha value is -2.97. The summed E-state index contributed by atoms with van der Waals surface area (Å²) in [4.78, 5) is 17.6. The van der Waals surface area contributed by atoms with Gasteiger partial charge < -0.3 is 14.8 Å². The van der Waals surface area contributed by atoms with E-state index in [0.717, 1.165) is 23.3 Å². The van der Waals surface area contributed by atoms with E-state index < -0.39 is 6.04 Å². The topological polar surface area (TPSA) is 78.3 Å². The Morgan fingerprint density at radius 2 is 1.94 bits per heavy atom. The van der Waals surface area contributed by atoms with Gasteiger partial charge in [-0.05, 0) is 49.6 Å². The lowest BCUT2D eigenvalue weighted by atomic mass is 9.96. The monoisotopic (exact) mass is 498 g/mol. The first-order valence-electron chi connectivity index (χ1n) is 11.2. The quantitative estimate of drug-likeness (QED) is 0.292. The maximum absolute atomic E-state index is 12.9. The van der Waals surface area contributed by atoms with Crippen molar-refractivity contribution in [2.24, 2.45) is 0 Å². The molecule has 7 nitrogen and oxygen atoms in total. The number of fused-ring (bicyclic) bond motifs is 1. The van der Waals surface area contributed by atoms with E-state index in [-0.39, 0.29) is 12.6 Å². The van der Waals surface area contributed by atoms with Crippen LogP contribution in [-0.4, -0.2) is 33.9 Å². The second kappa shape index (κ2) is 11.0. The molecule has 9 heteroatoms.